The number of nitro groups is 1. The number of nitro benzene ring substituents is 1. The van der Waals surface area contributed by atoms with Gasteiger partial charge >= 0.3 is 0 Å². The number of hydrogen-bond donors (Lipinski definition) is 0. The van der Waals surface area contributed by atoms with Crippen molar-refractivity contribution in [3.8, 4) is 0 Å². The van der Waals surface area contributed by atoms with E-state index in [4.69, 9.17) is 11.6 Å². The highest BCUT2D eigenvalue weighted by Crippen LogP contribution is 2.45. The highest BCUT2D eigenvalue weighted by Gasteiger charge is 2.25. The van der Waals surface area contributed by atoms with Crippen molar-refractivity contribution >= 4 is 51.4 Å². The molecule has 0 spiro atoms. The van der Waals surface area contributed by atoms with Gasteiger partial charge < -0.3 is 4.90 Å². The summed E-state index contributed by atoms with van der Waals surface area (Å²) in [6.07, 6.45) is 2.04. The summed E-state index contributed by atoms with van der Waals surface area (Å²) in [7, 11) is 0. The molecular formula is C16H13ClN2O2S2. The molecule has 3 rings (SSSR count). The third-order valence-electron chi connectivity index (χ3n) is 3.45. The number of hydrogen-bond acceptors (Lipinski definition) is 5. The van der Waals surface area contributed by atoms with Crippen LogP contribution in [-0.2, 0) is 0 Å². The minimum atomic E-state index is -0.382. The van der Waals surface area contributed by atoms with Gasteiger partial charge in [0.1, 0.15) is 0 Å². The molecule has 0 N–H and O–H groups in total. The van der Waals surface area contributed by atoms with Crippen LogP contribution in [0, 0.1) is 10.1 Å². The zero-order valence-corrected chi connectivity index (χ0v) is 14.6. The molecule has 0 bridgehead atoms. The van der Waals surface area contributed by atoms with E-state index in [-0.39, 0.29) is 10.6 Å². The second-order valence-corrected chi connectivity index (χ2v) is 7.01. The van der Waals surface area contributed by atoms with E-state index >= 15 is 0 Å². The fourth-order valence-electron chi connectivity index (χ4n) is 2.33. The third-order valence-corrected chi connectivity index (χ3v) is 5.75. The lowest BCUT2D eigenvalue weighted by Crippen LogP contribution is -2.15. The van der Waals surface area contributed by atoms with Crippen molar-refractivity contribution in [3.63, 3.8) is 0 Å². The van der Waals surface area contributed by atoms with E-state index in [0.29, 0.717) is 0 Å². The Labute approximate surface area is 147 Å². The Morgan fingerprint density at radius 2 is 1.83 bits per heavy atom. The summed E-state index contributed by atoms with van der Waals surface area (Å²) in [6, 6.07) is 14.5. The topological polar surface area (TPSA) is 46.4 Å². The molecule has 0 amide bonds. The van der Waals surface area contributed by atoms with Crippen LogP contribution in [0.2, 0.25) is 5.02 Å². The van der Waals surface area contributed by atoms with Crippen LogP contribution in [0.5, 0.6) is 0 Å². The zero-order valence-electron chi connectivity index (χ0n) is 12.2. The molecule has 23 heavy (non-hydrogen) atoms. The summed E-state index contributed by atoms with van der Waals surface area (Å²) < 4.78 is 0. The average Bonchev–Trinajstić information content (AvgIpc) is 2.99. The number of thioether (sulfide) groups is 2. The first kappa shape index (κ1) is 16.2. The Morgan fingerprint density at radius 3 is 2.39 bits per heavy atom. The molecule has 4 nitrogen and oxygen atoms in total. The van der Waals surface area contributed by atoms with Crippen molar-refractivity contribution in [2.45, 2.75) is 0 Å². The van der Waals surface area contributed by atoms with Crippen molar-refractivity contribution in [1.82, 2.24) is 0 Å². The lowest BCUT2D eigenvalue weighted by atomic mass is 10.2. The first-order valence-electron chi connectivity index (χ1n) is 6.79. The second kappa shape index (κ2) is 6.86. The number of nitrogens with zero attached hydrogens (tertiary/aromatic N) is 2. The predicted octanol–water partition coefficient (Wildman–Crippen LogP) is 5.45. The molecule has 0 unspecified atom stereocenters. The highest BCUT2D eigenvalue weighted by molar-refractivity contribution is 8.11. The third kappa shape index (κ3) is 3.34. The van der Waals surface area contributed by atoms with Gasteiger partial charge in [-0.15, -0.1) is 23.5 Å². The fourth-order valence-corrected chi connectivity index (χ4v) is 4.73. The maximum absolute atomic E-state index is 10.8. The van der Waals surface area contributed by atoms with Gasteiger partial charge in [0.05, 0.1) is 15.8 Å². The van der Waals surface area contributed by atoms with Crippen LogP contribution in [0.1, 0.15) is 5.56 Å². The van der Waals surface area contributed by atoms with Gasteiger partial charge in [0.15, 0.2) is 0 Å². The smallest absolute Gasteiger partial charge is 0.269 e. The summed E-state index contributed by atoms with van der Waals surface area (Å²) >= 11 is 9.39. The van der Waals surface area contributed by atoms with Gasteiger partial charge in [-0.2, -0.15) is 0 Å². The van der Waals surface area contributed by atoms with Gasteiger partial charge in [-0.25, -0.2) is 0 Å². The van der Waals surface area contributed by atoms with Crippen molar-refractivity contribution in [3.05, 3.63) is 74.3 Å². The number of rotatable bonds is 4. The van der Waals surface area contributed by atoms with Gasteiger partial charge in [-0.1, -0.05) is 23.7 Å². The minimum Gasteiger partial charge on any atom is -0.325 e. The Bertz CT molecular complexity index is 761. The summed E-state index contributed by atoms with van der Waals surface area (Å²) in [5.74, 6) is 0.784. The number of non-ortho nitro benzene ring substituents is 1. The highest BCUT2D eigenvalue weighted by atomic mass is 35.5. The molecule has 2 aromatic rings. The largest absolute Gasteiger partial charge is 0.325 e. The molecule has 1 heterocycles. The van der Waals surface area contributed by atoms with Gasteiger partial charge in [0, 0.05) is 27.7 Å². The SMILES string of the molecule is CSC1=C(c2ccc(Cl)cc2)SCN1c1ccc([N+](=O)[O-])cc1. The van der Waals surface area contributed by atoms with Crippen LogP contribution in [0.3, 0.4) is 0 Å². The van der Waals surface area contributed by atoms with Crippen LogP contribution >= 0.6 is 35.1 Å². The molecular weight excluding hydrogens is 352 g/mol. The fraction of sp³-hybridized carbons (Fsp3) is 0.125. The van der Waals surface area contributed by atoms with E-state index in [1.165, 1.54) is 17.0 Å². The summed E-state index contributed by atoms with van der Waals surface area (Å²) in [5.41, 5.74) is 2.19. The molecule has 118 valence electrons. The van der Waals surface area contributed by atoms with Crippen molar-refractivity contribution < 1.29 is 4.92 Å². The van der Waals surface area contributed by atoms with E-state index < -0.39 is 0 Å². The molecule has 2 aromatic carbocycles. The normalized spacial score (nSPS) is 14.4. The second-order valence-electron chi connectivity index (χ2n) is 4.82. The van der Waals surface area contributed by atoms with Crippen molar-refractivity contribution in [2.75, 3.05) is 17.0 Å². The van der Waals surface area contributed by atoms with E-state index in [1.54, 1.807) is 35.7 Å². The molecule has 0 aromatic heterocycles. The molecule has 1 aliphatic rings. The first-order valence-corrected chi connectivity index (χ1v) is 9.38. The van der Waals surface area contributed by atoms with Gasteiger partial charge in [0.25, 0.3) is 5.69 Å². The van der Waals surface area contributed by atoms with Crippen LogP contribution in [0.25, 0.3) is 4.91 Å². The minimum absolute atomic E-state index is 0.105. The van der Waals surface area contributed by atoms with E-state index in [2.05, 4.69) is 4.90 Å². The maximum atomic E-state index is 10.8. The molecule has 7 heteroatoms. The number of anilines is 1. The predicted molar refractivity (Wildman–Crippen MR) is 99.9 cm³/mol. The lowest BCUT2D eigenvalue weighted by molar-refractivity contribution is -0.384. The monoisotopic (exact) mass is 364 g/mol. The Hall–Kier alpha value is -1.63. The van der Waals surface area contributed by atoms with Crippen molar-refractivity contribution in [1.29, 1.82) is 0 Å². The van der Waals surface area contributed by atoms with Crippen LogP contribution in [0.4, 0.5) is 11.4 Å². The van der Waals surface area contributed by atoms with Gasteiger partial charge in [-0.3, -0.25) is 10.1 Å². The van der Waals surface area contributed by atoms with Crippen LogP contribution in [0.15, 0.2) is 53.6 Å². The molecule has 0 atom stereocenters. The van der Waals surface area contributed by atoms with Crippen molar-refractivity contribution in [2.24, 2.45) is 0 Å². The first-order chi connectivity index (χ1) is 11.1. The van der Waals surface area contributed by atoms with Gasteiger partial charge in [0.2, 0.25) is 0 Å². The van der Waals surface area contributed by atoms with Crippen LogP contribution in [-0.4, -0.2) is 17.1 Å². The number of benzene rings is 2. The Kier molecular flexibility index (Phi) is 4.84. The molecule has 0 radical (unpaired) electrons. The summed E-state index contributed by atoms with van der Waals surface area (Å²) in [4.78, 5) is 13.8. The Morgan fingerprint density at radius 1 is 1.17 bits per heavy atom. The zero-order chi connectivity index (χ0) is 16.4. The molecule has 1 aliphatic heterocycles. The molecule has 0 fully saturated rings. The quantitative estimate of drug-likeness (QED) is 0.533. The van der Waals surface area contributed by atoms with E-state index in [9.17, 15) is 10.1 Å². The maximum Gasteiger partial charge on any atom is 0.269 e. The standard InChI is InChI=1S/C16H13ClN2O2S2/c1-22-16-15(11-2-4-12(17)5-3-11)23-10-18(16)13-6-8-14(9-7-13)19(20)21/h2-9H,10H2,1H3. The summed E-state index contributed by atoms with van der Waals surface area (Å²) in [5, 5.41) is 12.6. The van der Waals surface area contributed by atoms with E-state index in [0.717, 1.165) is 27.2 Å². The molecule has 0 saturated carbocycles. The summed E-state index contributed by atoms with van der Waals surface area (Å²) in [6.45, 7) is 0. The molecule has 0 saturated heterocycles. The lowest BCUT2D eigenvalue weighted by Gasteiger charge is -2.20. The van der Waals surface area contributed by atoms with Crippen LogP contribution < -0.4 is 4.90 Å². The number of halogens is 1. The average molecular weight is 365 g/mol. The molecule has 0 aliphatic carbocycles. The van der Waals surface area contributed by atoms with Gasteiger partial charge in [-0.05, 0) is 36.1 Å². The van der Waals surface area contributed by atoms with E-state index in [1.807, 2.05) is 30.5 Å². The Balaban J connectivity index is 1.94.